The number of ether oxygens (including phenoxy) is 1. The van der Waals surface area contributed by atoms with Gasteiger partial charge in [-0.05, 0) is 0 Å². The Morgan fingerprint density at radius 2 is 2.56 bits per heavy atom. The lowest BCUT2D eigenvalue weighted by Gasteiger charge is -1.97. The number of methoxy groups -OCH3 is 1. The van der Waals surface area contributed by atoms with E-state index in [4.69, 9.17) is 0 Å². The molecular formula is C5H6N2O2. The Labute approximate surface area is 52.3 Å². The van der Waals surface area contributed by atoms with Crippen molar-refractivity contribution in [1.29, 1.82) is 0 Å². The third-order valence-electron chi connectivity index (χ3n) is 0.964. The lowest BCUT2D eigenvalue weighted by molar-refractivity contribution is -0.140. The van der Waals surface area contributed by atoms with Crippen molar-refractivity contribution in [3.63, 3.8) is 0 Å². The van der Waals surface area contributed by atoms with Gasteiger partial charge in [-0.3, -0.25) is 4.99 Å². The largest absolute Gasteiger partial charge is 0.467 e. The molecule has 1 heterocycles. The molecule has 1 rings (SSSR count). The summed E-state index contributed by atoms with van der Waals surface area (Å²) in [4.78, 5) is 17.9. The Hall–Kier alpha value is -1.19. The van der Waals surface area contributed by atoms with E-state index in [0.717, 1.165) is 0 Å². The molecule has 0 fully saturated rings. The smallest absolute Gasteiger partial charge is 0.336 e. The minimum Gasteiger partial charge on any atom is -0.467 e. The first-order valence-corrected chi connectivity index (χ1v) is 2.47. The molecule has 48 valence electrons. The van der Waals surface area contributed by atoms with Crippen molar-refractivity contribution in [2.45, 2.75) is 6.04 Å². The van der Waals surface area contributed by atoms with Gasteiger partial charge in [-0.2, -0.15) is 0 Å². The summed E-state index contributed by atoms with van der Waals surface area (Å²) in [5.41, 5.74) is 0. The van der Waals surface area contributed by atoms with Crippen LogP contribution in [-0.2, 0) is 9.53 Å². The second kappa shape index (κ2) is 2.39. The molecule has 4 heteroatoms. The van der Waals surface area contributed by atoms with E-state index < -0.39 is 6.04 Å². The van der Waals surface area contributed by atoms with Crippen molar-refractivity contribution in [2.75, 3.05) is 7.11 Å². The van der Waals surface area contributed by atoms with Gasteiger partial charge in [-0.25, -0.2) is 9.79 Å². The van der Waals surface area contributed by atoms with Crippen LogP contribution in [0.25, 0.3) is 0 Å². The van der Waals surface area contributed by atoms with Crippen molar-refractivity contribution in [3.05, 3.63) is 0 Å². The van der Waals surface area contributed by atoms with Gasteiger partial charge in [0.05, 0.1) is 7.11 Å². The van der Waals surface area contributed by atoms with E-state index in [2.05, 4.69) is 14.7 Å². The van der Waals surface area contributed by atoms with Gasteiger partial charge in [0, 0.05) is 6.21 Å². The standard InChI is InChI=1S/C5H6N2O2/c1-9-5(8)4-2-6-3-7-4/h2-4H,1H3. The predicted octanol–water partition coefficient (Wildman–Crippen LogP) is -0.359. The van der Waals surface area contributed by atoms with Crippen LogP contribution in [0.3, 0.4) is 0 Å². The average Bonchev–Trinajstić information content (AvgIpc) is 2.37. The lowest BCUT2D eigenvalue weighted by atomic mass is 10.4. The number of rotatable bonds is 1. The van der Waals surface area contributed by atoms with Crippen LogP contribution in [0.2, 0.25) is 0 Å². The highest BCUT2D eigenvalue weighted by Crippen LogP contribution is 1.94. The van der Waals surface area contributed by atoms with E-state index in [9.17, 15) is 4.79 Å². The second-order valence-corrected chi connectivity index (χ2v) is 1.53. The number of aliphatic imine (C=N–C) groups is 2. The zero-order valence-corrected chi connectivity index (χ0v) is 4.94. The predicted molar refractivity (Wildman–Crippen MR) is 32.8 cm³/mol. The first kappa shape index (κ1) is 5.94. The van der Waals surface area contributed by atoms with Gasteiger partial charge in [0.1, 0.15) is 6.34 Å². The highest BCUT2D eigenvalue weighted by molar-refractivity contribution is 6.00. The molecule has 9 heavy (non-hydrogen) atoms. The summed E-state index contributed by atoms with van der Waals surface area (Å²) >= 11 is 0. The van der Waals surface area contributed by atoms with Gasteiger partial charge < -0.3 is 4.74 Å². The molecular weight excluding hydrogens is 120 g/mol. The molecule has 1 aliphatic heterocycles. The maximum atomic E-state index is 10.6. The molecule has 0 spiro atoms. The molecule has 0 saturated heterocycles. The van der Waals surface area contributed by atoms with Gasteiger partial charge in [-0.15, -0.1) is 0 Å². The van der Waals surface area contributed by atoms with Crippen LogP contribution in [0.4, 0.5) is 0 Å². The summed E-state index contributed by atoms with van der Waals surface area (Å²) < 4.78 is 4.39. The van der Waals surface area contributed by atoms with Crippen molar-refractivity contribution in [3.8, 4) is 0 Å². The molecule has 0 aromatic heterocycles. The minimum atomic E-state index is -0.505. The molecule has 0 N–H and O–H groups in total. The van der Waals surface area contributed by atoms with Crippen LogP contribution in [0.1, 0.15) is 0 Å². The lowest BCUT2D eigenvalue weighted by Crippen LogP contribution is -2.19. The van der Waals surface area contributed by atoms with Crippen LogP contribution in [0.5, 0.6) is 0 Å². The SMILES string of the molecule is COC(=O)C1C=NC=N1. The zero-order valence-electron chi connectivity index (χ0n) is 4.94. The Bertz CT molecular complexity index is 162. The Morgan fingerprint density at radius 3 is 3.00 bits per heavy atom. The Balaban J connectivity index is 2.53. The summed E-state index contributed by atoms with van der Waals surface area (Å²) in [5.74, 6) is -0.368. The normalized spacial score (nSPS) is 22.6. The van der Waals surface area contributed by atoms with Crippen LogP contribution < -0.4 is 0 Å². The van der Waals surface area contributed by atoms with Crippen molar-refractivity contribution >= 4 is 18.5 Å². The van der Waals surface area contributed by atoms with Gasteiger partial charge in [-0.1, -0.05) is 0 Å². The molecule has 0 aromatic rings. The van der Waals surface area contributed by atoms with Gasteiger partial charge in [0.15, 0.2) is 6.04 Å². The highest BCUT2D eigenvalue weighted by Gasteiger charge is 2.16. The number of carbonyl (C=O) groups is 1. The molecule has 0 amide bonds. The molecule has 0 aromatic carbocycles. The number of hydrogen-bond donors (Lipinski definition) is 0. The second-order valence-electron chi connectivity index (χ2n) is 1.53. The maximum Gasteiger partial charge on any atom is 0.336 e. The molecule has 1 atom stereocenters. The third kappa shape index (κ3) is 1.13. The number of carbonyl (C=O) groups excluding carboxylic acids is 1. The van der Waals surface area contributed by atoms with E-state index in [1.807, 2.05) is 0 Å². The molecule has 4 nitrogen and oxygen atoms in total. The molecule has 0 radical (unpaired) electrons. The van der Waals surface area contributed by atoms with Crippen LogP contribution >= 0.6 is 0 Å². The summed E-state index contributed by atoms with van der Waals surface area (Å²) in [6.45, 7) is 0. The van der Waals surface area contributed by atoms with Crippen molar-refractivity contribution < 1.29 is 9.53 Å². The molecule has 1 unspecified atom stereocenters. The summed E-state index contributed by atoms with van der Waals surface area (Å²) in [7, 11) is 1.32. The van der Waals surface area contributed by atoms with Gasteiger partial charge >= 0.3 is 5.97 Å². The zero-order chi connectivity index (χ0) is 6.69. The van der Waals surface area contributed by atoms with E-state index in [1.54, 1.807) is 0 Å². The monoisotopic (exact) mass is 126 g/mol. The maximum absolute atomic E-state index is 10.6. The molecule has 0 bridgehead atoms. The number of hydrogen-bond acceptors (Lipinski definition) is 4. The van der Waals surface area contributed by atoms with E-state index in [-0.39, 0.29) is 5.97 Å². The minimum absolute atomic E-state index is 0.368. The van der Waals surface area contributed by atoms with Crippen LogP contribution in [-0.4, -0.2) is 31.7 Å². The number of nitrogens with zero attached hydrogens (tertiary/aromatic N) is 2. The summed E-state index contributed by atoms with van der Waals surface area (Å²) in [6.07, 6.45) is 2.77. The average molecular weight is 126 g/mol. The van der Waals surface area contributed by atoms with Crippen LogP contribution in [0.15, 0.2) is 9.98 Å². The Kier molecular flexibility index (Phi) is 1.58. The third-order valence-corrected chi connectivity index (χ3v) is 0.964. The first-order valence-electron chi connectivity index (χ1n) is 2.47. The summed E-state index contributed by atoms with van der Waals surface area (Å²) in [5, 5.41) is 0. The van der Waals surface area contributed by atoms with E-state index in [1.165, 1.54) is 19.7 Å². The van der Waals surface area contributed by atoms with Gasteiger partial charge in [0.2, 0.25) is 0 Å². The fourth-order valence-corrected chi connectivity index (χ4v) is 0.511. The topological polar surface area (TPSA) is 51.0 Å². The highest BCUT2D eigenvalue weighted by atomic mass is 16.5. The van der Waals surface area contributed by atoms with Crippen LogP contribution in [0, 0.1) is 0 Å². The van der Waals surface area contributed by atoms with Crippen molar-refractivity contribution in [2.24, 2.45) is 9.98 Å². The molecule has 0 saturated carbocycles. The van der Waals surface area contributed by atoms with Gasteiger partial charge in [0.25, 0.3) is 0 Å². The quantitative estimate of drug-likeness (QED) is 0.450. The van der Waals surface area contributed by atoms with Crippen molar-refractivity contribution in [1.82, 2.24) is 0 Å². The molecule has 0 aliphatic carbocycles. The Morgan fingerprint density at radius 1 is 1.78 bits per heavy atom. The molecule has 1 aliphatic rings. The van der Waals surface area contributed by atoms with E-state index in [0.29, 0.717) is 0 Å². The number of esters is 1. The fourth-order valence-electron chi connectivity index (χ4n) is 0.511. The first-order chi connectivity index (χ1) is 4.34. The van der Waals surface area contributed by atoms with E-state index >= 15 is 0 Å². The fraction of sp³-hybridized carbons (Fsp3) is 0.400. The summed E-state index contributed by atoms with van der Waals surface area (Å²) in [6, 6.07) is -0.505.